The van der Waals surface area contributed by atoms with Gasteiger partial charge in [-0.1, -0.05) is 175 Å². The number of benzene rings is 4. The van der Waals surface area contributed by atoms with Crippen molar-refractivity contribution >= 4 is 21.7 Å². The molecule has 0 N–H and O–H groups in total. The van der Waals surface area contributed by atoms with Crippen LogP contribution in [0.15, 0.2) is 96.1 Å². The molecule has 2 aliphatic carbocycles. The molecule has 4 aromatic carbocycles. The van der Waals surface area contributed by atoms with E-state index in [1.165, 1.54) is 82.3 Å². The van der Waals surface area contributed by atoms with Gasteiger partial charge >= 0.3 is 0 Å². The fourth-order valence-electron chi connectivity index (χ4n) is 8.04. The molecule has 1 heteroatoms. The van der Waals surface area contributed by atoms with E-state index in [0.717, 1.165) is 0 Å². The third-order valence-electron chi connectivity index (χ3n) is 11.0. The highest BCUT2D eigenvalue weighted by Crippen LogP contribution is 2.45. The molecule has 47 heavy (non-hydrogen) atoms. The first-order valence-corrected chi connectivity index (χ1v) is 20.3. The van der Waals surface area contributed by atoms with Gasteiger partial charge in [0.2, 0.25) is 0 Å². The Balaban J connectivity index is 1.00. The van der Waals surface area contributed by atoms with E-state index in [2.05, 4.69) is 152 Å². The average molecular weight is 637 g/mol. The topological polar surface area (TPSA) is 0 Å². The van der Waals surface area contributed by atoms with Gasteiger partial charge in [-0.05, 0) is 93.2 Å². The number of hydrogen-bond acceptors (Lipinski definition) is 0. The average Bonchev–Trinajstić information content (AvgIpc) is 3.54. The number of rotatable bonds is 10. The molecule has 2 aliphatic rings. The smallest absolute Gasteiger partial charge is 0.0197 e. The first kappa shape index (κ1) is 33.5. The van der Waals surface area contributed by atoms with Gasteiger partial charge in [0.05, 0.1) is 0 Å². The van der Waals surface area contributed by atoms with E-state index in [1.54, 1.807) is 22.3 Å². The molecule has 0 fully saturated rings. The van der Waals surface area contributed by atoms with E-state index < -0.39 is 0 Å². The van der Waals surface area contributed by atoms with E-state index >= 15 is 0 Å². The standard InChI is InChI=1S/C46H56Si/c1-31-29-43-39(33-19-23-35(24-20-33)45(3,4)5)13-9-15-41(43)37(31)17-11-27-47-28-12-18-38-32(2)30-44-40(14-10-16-42(38)44)34-21-25-36(26-22-34)46(6,7)8/h9-10,13-16,19-26,29-30,37-38H,11-12,17-18,27-28,47H2,1-8H3. The summed E-state index contributed by atoms with van der Waals surface area (Å²) in [6.45, 7) is 18.5. The van der Waals surface area contributed by atoms with Crippen molar-refractivity contribution in [2.75, 3.05) is 0 Å². The molecule has 0 bridgehead atoms. The van der Waals surface area contributed by atoms with Crippen LogP contribution in [0.2, 0.25) is 12.1 Å². The molecule has 0 nitrogen and oxygen atoms in total. The highest BCUT2D eigenvalue weighted by atomic mass is 28.2. The van der Waals surface area contributed by atoms with Crippen molar-refractivity contribution in [2.24, 2.45) is 0 Å². The highest BCUT2D eigenvalue weighted by molar-refractivity contribution is 6.35. The van der Waals surface area contributed by atoms with Crippen molar-refractivity contribution in [2.45, 2.75) is 116 Å². The molecule has 0 spiro atoms. The Labute approximate surface area is 288 Å². The second kappa shape index (κ2) is 13.6. The van der Waals surface area contributed by atoms with Gasteiger partial charge in [-0.3, -0.25) is 0 Å². The maximum Gasteiger partial charge on any atom is 0.0197 e. The van der Waals surface area contributed by atoms with Crippen molar-refractivity contribution in [1.29, 1.82) is 0 Å². The maximum absolute atomic E-state index is 2.48. The van der Waals surface area contributed by atoms with Crippen LogP contribution in [0.5, 0.6) is 0 Å². The molecule has 0 saturated carbocycles. The van der Waals surface area contributed by atoms with Gasteiger partial charge in [0.1, 0.15) is 0 Å². The van der Waals surface area contributed by atoms with Crippen molar-refractivity contribution < 1.29 is 0 Å². The highest BCUT2D eigenvalue weighted by Gasteiger charge is 2.26. The minimum absolute atomic E-state index is 0.0189. The summed E-state index contributed by atoms with van der Waals surface area (Å²) >= 11 is 0. The summed E-state index contributed by atoms with van der Waals surface area (Å²) in [5.41, 5.74) is 17.7. The van der Waals surface area contributed by atoms with E-state index in [9.17, 15) is 0 Å². The Morgan fingerprint density at radius 3 is 1.26 bits per heavy atom. The quantitative estimate of drug-likeness (QED) is 0.120. The van der Waals surface area contributed by atoms with Gasteiger partial charge < -0.3 is 0 Å². The zero-order valence-corrected chi connectivity index (χ0v) is 31.8. The number of hydrogen-bond donors (Lipinski definition) is 0. The Hall–Kier alpha value is -3.42. The monoisotopic (exact) mass is 636 g/mol. The predicted octanol–water partition coefficient (Wildman–Crippen LogP) is 12.9. The molecule has 0 saturated heterocycles. The molecule has 0 aromatic heterocycles. The summed E-state index contributed by atoms with van der Waals surface area (Å²) in [7, 11) is -0.0189. The number of allylic oxidation sites excluding steroid dienone is 2. The van der Waals surface area contributed by atoms with Crippen LogP contribution in [-0.4, -0.2) is 9.52 Å². The third-order valence-corrected chi connectivity index (χ3v) is 13.0. The predicted molar refractivity (Wildman–Crippen MR) is 211 cm³/mol. The Kier molecular flexibility index (Phi) is 9.68. The Morgan fingerprint density at radius 2 is 0.894 bits per heavy atom. The lowest BCUT2D eigenvalue weighted by Gasteiger charge is -2.20. The van der Waals surface area contributed by atoms with E-state index in [-0.39, 0.29) is 20.3 Å². The SMILES string of the molecule is CC1=Cc2c(-c3ccc(C(C)(C)C)cc3)cccc2C1CCC[SiH2]CCCC1C(C)=Cc2c(-c3ccc(C(C)(C)C)cc3)cccc21. The summed E-state index contributed by atoms with van der Waals surface area (Å²) in [6, 6.07) is 35.5. The Bertz CT molecular complexity index is 1630. The maximum atomic E-state index is 2.48. The molecule has 0 amide bonds. The number of fused-ring (bicyclic) bond motifs is 2. The molecule has 244 valence electrons. The van der Waals surface area contributed by atoms with Crippen LogP contribution in [-0.2, 0) is 10.8 Å². The first-order valence-electron chi connectivity index (χ1n) is 18.3. The van der Waals surface area contributed by atoms with Crippen LogP contribution in [0.1, 0.15) is 126 Å². The van der Waals surface area contributed by atoms with Gasteiger partial charge in [-0.15, -0.1) is 0 Å². The van der Waals surface area contributed by atoms with Crippen LogP contribution in [0, 0.1) is 0 Å². The fraction of sp³-hybridized carbons (Fsp3) is 0.391. The largest absolute Gasteiger partial charge is 0.0652 e. The summed E-state index contributed by atoms with van der Waals surface area (Å²) in [5, 5.41) is 0. The summed E-state index contributed by atoms with van der Waals surface area (Å²) in [5.74, 6) is 1.18. The van der Waals surface area contributed by atoms with E-state index in [0.29, 0.717) is 11.8 Å². The van der Waals surface area contributed by atoms with Gasteiger partial charge in [0.15, 0.2) is 0 Å². The second-order valence-electron chi connectivity index (χ2n) is 16.5. The molecule has 0 aliphatic heterocycles. The zero-order valence-electron chi connectivity index (χ0n) is 30.3. The van der Waals surface area contributed by atoms with Gasteiger partial charge in [0, 0.05) is 21.4 Å². The molecule has 6 rings (SSSR count). The van der Waals surface area contributed by atoms with Gasteiger partial charge in [-0.2, -0.15) is 0 Å². The van der Waals surface area contributed by atoms with Crippen LogP contribution in [0.4, 0.5) is 0 Å². The summed E-state index contributed by atoms with van der Waals surface area (Å²) in [4.78, 5) is 0. The lowest BCUT2D eigenvalue weighted by Crippen LogP contribution is -2.10. The van der Waals surface area contributed by atoms with Gasteiger partial charge in [0.25, 0.3) is 0 Å². The second-order valence-corrected chi connectivity index (χ2v) is 18.6. The fourth-order valence-corrected chi connectivity index (χ4v) is 9.68. The first-order chi connectivity index (χ1) is 22.4. The molecule has 2 atom stereocenters. The Morgan fingerprint density at radius 1 is 0.511 bits per heavy atom. The molecule has 2 unspecified atom stereocenters. The van der Waals surface area contributed by atoms with Crippen molar-refractivity contribution in [1.82, 2.24) is 0 Å². The lowest BCUT2D eigenvalue weighted by atomic mass is 9.85. The van der Waals surface area contributed by atoms with Crippen molar-refractivity contribution in [3.8, 4) is 22.3 Å². The zero-order chi connectivity index (χ0) is 33.3. The minimum Gasteiger partial charge on any atom is -0.0652 e. The molecule has 4 aromatic rings. The minimum atomic E-state index is -0.0189. The molecular formula is C46H56Si. The van der Waals surface area contributed by atoms with E-state index in [4.69, 9.17) is 0 Å². The van der Waals surface area contributed by atoms with Crippen LogP contribution < -0.4 is 0 Å². The van der Waals surface area contributed by atoms with Gasteiger partial charge in [-0.25, -0.2) is 0 Å². The summed E-state index contributed by atoms with van der Waals surface area (Å²) in [6.07, 6.45) is 10.3. The van der Waals surface area contributed by atoms with Crippen molar-refractivity contribution in [3.05, 3.63) is 129 Å². The van der Waals surface area contributed by atoms with Crippen LogP contribution >= 0.6 is 0 Å². The normalized spacial score (nSPS) is 17.6. The molecular weight excluding hydrogens is 581 g/mol. The summed E-state index contributed by atoms with van der Waals surface area (Å²) < 4.78 is 0. The third kappa shape index (κ3) is 7.21. The van der Waals surface area contributed by atoms with Crippen molar-refractivity contribution in [3.63, 3.8) is 0 Å². The molecule has 0 radical (unpaired) electrons. The van der Waals surface area contributed by atoms with Crippen LogP contribution in [0.3, 0.4) is 0 Å². The lowest BCUT2D eigenvalue weighted by molar-refractivity contribution is 0.590. The van der Waals surface area contributed by atoms with Crippen LogP contribution in [0.25, 0.3) is 34.4 Å². The molecule has 0 heterocycles. The van der Waals surface area contributed by atoms with E-state index in [1.807, 2.05) is 0 Å².